The molecule has 0 radical (unpaired) electrons. The molecule has 0 aliphatic heterocycles. The van der Waals surface area contributed by atoms with Crippen LogP contribution in [0, 0.1) is 0 Å². The van der Waals surface area contributed by atoms with E-state index in [1.807, 2.05) is 12.1 Å². The van der Waals surface area contributed by atoms with E-state index in [0.717, 1.165) is 25.3 Å². The van der Waals surface area contributed by atoms with Gasteiger partial charge in [0.15, 0.2) is 0 Å². The monoisotopic (exact) mass is 251 g/mol. The van der Waals surface area contributed by atoms with Crippen molar-refractivity contribution < 1.29 is 9.47 Å². The largest absolute Gasteiger partial charge is 0.474 e. The molecule has 1 fully saturated rings. The van der Waals surface area contributed by atoms with Crippen molar-refractivity contribution in [3.63, 3.8) is 0 Å². The standard InChI is InChI=1S/C13H21N3O2/c1-2-7-17-8-9-18-13-6-5-12(15-16-13)10-14-11-3-4-11/h5-6,11,14H,2-4,7-10H2,1H3. The minimum absolute atomic E-state index is 0.522. The number of rotatable bonds is 9. The summed E-state index contributed by atoms with van der Waals surface area (Å²) in [5, 5.41) is 11.5. The Morgan fingerprint density at radius 2 is 2.11 bits per heavy atom. The summed E-state index contributed by atoms with van der Waals surface area (Å²) >= 11 is 0. The lowest BCUT2D eigenvalue weighted by Gasteiger charge is -2.06. The van der Waals surface area contributed by atoms with Crippen LogP contribution in [-0.4, -0.2) is 36.1 Å². The highest BCUT2D eigenvalue weighted by atomic mass is 16.5. The van der Waals surface area contributed by atoms with Gasteiger partial charge in [0.25, 0.3) is 0 Å². The number of nitrogens with one attached hydrogen (secondary N) is 1. The highest BCUT2D eigenvalue weighted by molar-refractivity contribution is 5.11. The van der Waals surface area contributed by atoms with Gasteiger partial charge in [0.1, 0.15) is 6.61 Å². The van der Waals surface area contributed by atoms with Gasteiger partial charge in [0, 0.05) is 25.3 Å². The Morgan fingerprint density at radius 3 is 2.78 bits per heavy atom. The highest BCUT2D eigenvalue weighted by Crippen LogP contribution is 2.19. The van der Waals surface area contributed by atoms with Gasteiger partial charge in [-0.2, -0.15) is 5.10 Å². The van der Waals surface area contributed by atoms with Gasteiger partial charge in [-0.25, -0.2) is 0 Å². The highest BCUT2D eigenvalue weighted by Gasteiger charge is 2.20. The third-order valence-corrected chi connectivity index (χ3v) is 2.67. The Kier molecular flexibility index (Phi) is 5.36. The molecule has 1 aliphatic rings. The summed E-state index contributed by atoms with van der Waals surface area (Å²) in [6.45, 7) is 4.77. The second kappa shape index (κ2) is 7.28. The van der Waals surface area contributed by atoms with Crippen LogP contribution >= 0.6 is 0 Å². The lowest BCUT2D eigenvalue weighted by Crippen LogP contribution is -2.16. The smallest absolute Gasteiger partial charge is 0.233 e. The van der Waals surface area contributed by atoms with E-state index in [2.05, 4.69) is 22.4 Å². The van der Waals surface area contributed by atoms with Crippen molar-refractivity contribution in [2.75, 3.05) is 19.8 Å². The van der Waals surface area contributed by atoms with E-state index in [0.29, 0.717) is 25.1 Å². The van der Waals surface area contributed by atoms with E-state index in [4.69, 9.17) is 9.47 Å². The Balaban J connectivity index is 1.63. The van der Waals surface area contributed by atoms with E-state index in [1.54, 1.807) is 0 Å². The number of aromatic nitrogens is 2. The second-order valence-corrected chi connectivity index (χ2v) is 4.48. The fourth-order valence-corrected chi connectivity index (χ4v) is 1.51. The summed E-state index contributed by atoms with van der Waals surface area (Å²) in [6.07, 6.45) is 3.60. The summed E-state index contributed by atoms with van der Waals surface area (Å²) in [5.74, 6) is 0.560. The zero-order valence-corrected chi connectivity index (χ0v) is 10.9. The van der Waals surface area contributed by atoms with E-state index < -0.39 is 0 Å². The predicted molar refractivity (Wildman–Crippen MR) is 68.5 cm³/mol. The lowest BCUT2D eigenvalue weighted by atomic mass is 10.4. The van der Waals surface area contributed by atoms with Gasteiger partial charge in [0.2, 0.25) is 5.88 Å². The molecule has 1 heterocycles. The maximum Gasteiger partial charge on any atom is 0.233 e. The van der Waals surface area contributed by atoms with Gasteiger partial charge in [-0.15, -0.1) is 5.10 Å². The van der Waals surface area contributed by atoms with Crippen LogP contribution in [0.15, 0.2) is 12.1 Å². The number of nitrogens with zero attached hydrogens (tertiary/aromatic N) is 2. The quantitative estimate of drug-likeness (QED) is 0.675. The van der Waals surface area contributed by atoms with E-state index in [9.17, 15) is 0 Å². The topological polar surface area (TPSA) is 56.3 Å². The molecule has 2 rings (SSSR count). The van der Waals surface area contributed by atoms with Crippen LogP contribution in [0.2, 0.25) is 0 Å². The van der Waals surface area contributed by atoms with Crippen molar-refractivity contribution in [2.45, 2.75) is 38.8 Å². The average molecular weight is 251 g/mol. The summed E-state index contributed by atoms with van der Waals surface area (Å²) < 4.78 is 10.7. The fraction of sp³-hybridized carbons (Fsp3) is 0.692. The summed E-state index contributed by atoms with van der Waals surface area (Å²) in [6, 6.07) is 4.50. The van der Waals surface area contributed by atoms with Crippen LogP contribution in [0.1, 0.15) is 31.9 Å². The van der Waals surface area contributed by atoms with Crippen LogP contribution in [0.25, 0.3) is 0 Å². The van der Waals surface area contributed by atoms with Crippen molar-refractivity contribution in [2.24, 2.45) is 0 Å². The molecule has 0 aromatic carbocycles. The third-order valence-electron chi connectivity index (χ3n) is 2.67. The lowest BCUT2D eigenvalue weighted by molar-refractivity contribution is 0.0986. The maximum absolute atomic E-state index is 5.43. The first-order chi connectivity index (χ1) is 8.88. The number of hydrogen-bond acceptors (Lipinski definition) is 5. The number of ether oxygens (including phenoxy) is 2. The molecule has 1 aromatic heterocycles. The Morgan fingerprint density at radius 1 is 1.22 bits per heavy atom. The molecule has 0 atom stereocenters. The minimum atomic E-state index is 0.522. The van der Waals surface area contributed by atoms with Gasteiger partial charge >= 0.3 is 0 Å². The van der Waals surface area contributed by atoms with Crippen LogP contribution in [-0.2, 0) is 11.3 Å². The Bertz CT molecular complexity index is 339. The molecule has 0 unspecified atom stereocenters. The van der Waals surface area contributed by atoms with Crippen LogP contribution in [0.5, 0.6) is 5.88 Å². The number of hydrogen-bond donors (Lipinski definition) is 1. The molecule has 0 spiro atoms. The Labute approximate surface area is 108 Å². The normalized spacial score (nSPS) is 14.7. The van der Waals surface area contributed by atoms with Crippen molar-refractivity contribution in [1.82, 2.24) is 15.5 Å². The molecular weight excluding hydrogens is 230 g/mol. The minimum Gasteiger partial charge on any atom is -0.474 e. The third kappa shape index (κ3) is 4.98. The molecule has 0 saturated heterocycles. The molecule has 0 bridgehead atoms. The maximum atomic E-state index is 5.43. The fourth-order valence-electron chi connectivity index (χ4n) is 1.51. The first-order valence-corrected chi connectivity index (χ1v) is 6.65. The van der Waals surface area contributed by atoms with Crippen LogP contribution < -0.4 is 10.1 Å². The van der Waals surface area contributed by atoms with Crippen molar-refractivity contribution in [3.8, 4) is 5.88 Å². The van der Waals surface area contributed by atoms with Crippen molar-refractivity contribution in [1.29, 1.82) is 0 Å². The molecule has 0 amide bonds. The second-order valence-electron chi connectivity index (χ2n) is 4.48. The van der Waals surface area contributed by atoms with Gasteiger partial charge in [0.05, 0.1) is 12.3 Å². The van der Waals surface area contributed by atoms with Gasteiger partial charge in [-0.1, -0.05) is 6.92 Å². The SMILES string of the molecule is CCCOCCOc1ccc(CNC2CC2)nn1. The zero-order valence-electron chi connectivity index (χ0n) is 10.9. The van der Waals surface area contributed by atoms with Gasteiger partial charge in [-0.05, 0) is 25.3 Å². The van der Waals surface area contributed by atoms with Crippen molar-refractivity contribution in [3.05, 3.63) is 17.8 Å². The van der Waals surface area contributed by atoms with E-state index >= 15 is 0 Å². The van der Waals surface area contributed by atoms with Crippen LogP contribution in [0.3, 0.4) is 0 Å². The van der Waals surface area contributed by atoms with Crippen molar-refractivity contribution >= 4 is 0 Å². The molecular formula is C13H21N3O2. The van der Waals surface area contributed by atoms with Gasteiger partial charge < -0.3 is 14.8 Å². The molecule has 1 saturated carbocycles. The molecule has 1 N–H and O–H groups in total. The van der Waals surface area contributed by atoms with Gasteiger partial charge in [-0.3, -0.25) is 0 Å². The summed E-state index contributed by atoms with van der Waals surface area (Å²) in [7, 11) is 0. The van der Waals surface area contributed by atoms with Crippen LogP contribution in [0.4, 0.5) is 0 Å². The first-order valence-electron chi connectivity index (χ1n) is 6.65. The molecule has 5 nitrogen and oxygen atoms in total. The zero-order chi connectivity index (χ0) is 12.6. The summed E-state index contributed by atoms with van der Waals surface area (Å²) in [5.41, 5.74) is 0.955. The van der Waals surface area contributed by atoms with E-state index in [1.165, 1.54) is 12.8 Å². The molecule has 18 heavy (non-hydrogen) atoms. The Hall–Kier alpha value is -1.20. The van der Waals surface area contributed by atoms with E-state index in [-0.39, 0.29) is 0 Å². The first kappa shape index (κ1) is 13.2. The predicted octanol–water partition coefficient (Wildman–Crippen LogP) is 1.53. The summed E-state index contributed by atoms with van der Waals surface area (Å²) in [4.78, 5) is 0. The average Bonchev–Trinajstić information content (AvgIpc) is 3.22. The molecule has 100 valence electrons. The molecule has 1 aliphatic carbocycles. The molecule has 5 heteroatoms. The molecule has 1 aromatic rings.